The Balaban J connectivity index is 3.57. The van der Waals surface area contributed by atoms with Crippen molar-refractivity contribution in [1.29, 1.82) is 0 Å². The minimum absolute atomic E-state index is 0.147. The van der Waals surface area contributed by atoms with E-state index in [9.17, 15) is 0 Å². The van der Waals surface area contributed by atoms with Crippen LogP contribution >= 0.6 is 17.1 Å². The highest BCUT2D eigenvalue weighted by Gasteiger charge is 2.08. The van der Waals surface area contributed by atoms with E-state index in [2.05, 4.69) is 48.8 Å². The molecule has 2 unspecified atom stereocenters. The molecule has 0 aliphatic rings. The van der Waals surface area contributed by atoms with E-state index in [1.807, 2.05) is 0 Å². The van der Waals surface area contributed by atoms with Crippen molar-refractivity contribution in [1.82, 2.24) is 14.2 Å². The van der Waals surface area contributed by atoms with Crippen molar-refractivity contribution in [2.75, 3.05) is 33.8 Å². The van der Waals surface area contributed by atoms with E-state index in [1.54, 1.807) is 0 Å². The van der Waals surface area contributed by atoms with Crippen LogP contribution in [0.15, 0.2) is 0 Å². The molecule has 0 bridgehead atoms. The van der Waals surface area contributed by atoms with Crippen LogP contribution in [-0.4, -0.2) is 43.2 Å². The predicted octanol–water partition coefficient (Wildman–Crippen LogP) is 3.49. The molecule has 0 rings (SSSR count). The molecule has 0 aromatic rings. The molecule has 0 aliphatic heterocycles. The normalized spacial score (nSPS) is 14.4. The van der Waals surface area contributed by atoms with E-state index in [0.29, 0.717) is 0 Å². The van der Waals surface area contributed by atoms with Crippen LogP contribution in [0.1, 0.15) is 39.5 Å². The molecule has 0 saturated carbocycles. The Morgan fingerprint density at radius 1 is 1.06 bits per heavy atom. The average molecular weight is 265 g/mol. The van der Waals surface area contributed by atoms with Crippen molar-refractivity contribution >= 4 is 17.1 Å². The molecule has 0 heterocycles. The van der Waals surface area contributed by atoms with Gasteiger partial charge in [-0.1, -0.05) is 26.7 Å². The summed E-state index contributed by atoms with van der Waals surface area (Å²) in [7, 11) is 5.05. The van der Waals surface area contributed by atoms with Gasteiger partial charge >= 0.3 is 0 Å². The second kappa shape index (κ2) is 10.9. The first-order valence-electron chi connectivity index (χ1n) is 6.29. The highest BCUT2D eigenvalue weighted by molar-refractivity contribution is 7.61. The van der Waals surface area contributed by atoms with E-state index in [-0.39, 0.29) is 8.22 Å². The molecular formula is C11H29N3P2. The molecule has 5 heteroatoms. The third kappa shape index (κ3) is 8.84. The Labute approximate surface area is 105 Å². The van der Waals surface area contributed by atoms with Gasteiger partial charge in [-0.05, 0) is 33.6 Å². The molecule has 0 saturated heterocycles. The summed E-state index contributed by atoms with van der Waals surface area (Å²) in [5, 5.41) is 0. The lowest BCUT2D eigenvalue weighted by Gasteiger charge is -2.27. The van der Waals surface area contributed by atoms with Crippen molar-refractivity contribution in [2.45, 2.75) is 39.5 Å². The summed E-state index contributed by atoms with van der Waals surface area (Å²) in [6.07, 6.45) is 5.18. The summed E-state index contributed by atoms with van der Waals surface area (Å²) >= 11 is 0. The van der Waals surface area contributed by atoms with Gasteiger partial charge < -0.3 is 0 Å². The van der Waals surface area contributed by atoms with Crippen LogP contribution in [0.3, 0.4) is 0 Å². The van der Waals surface area contributed by atoms with E-state index < -0.39 is 0 Å². The topological polar surface area (TPSA) is 18.5 Å². The summed E-state index contributed by atoms with van der Waals surface area (Å²) in [4.78, 5) is 3.64. The van der Waals surface area contributed by atoms with Gasteiger partial charge in [0.15, 0.2) is 0 Å². The molecule has 0 radical (unpaired) electrons. The van der Waals surface area contributed by atoms with Crippen molar-refractivity contribution in [3.8, 4) is 0 Å². The smallest absolute Gasteiger partial charge is 0.0375 e. The van der Waals surface area contributed by atoms with Crippen molar-refractivity contribution in [2.24, 2.45) is 0 Å². The van der Waals surface area contributed by atoms with Crippen LogP contribution in [0.25, 0.3) is 0 Å². The molecule has 0 fully saturated rings. The van der Waals surface area contributed by atoms with Crippen LogP contribution in [-0.2, 0) is 0 Å². The molecule has 2 atom stereocenters. The fourth-order valence-electron chi connectivity index (χ4n) is 1.23. The third-order valence-corrected chi connectivity index (χ3v) is 6.12. The highest BCUT2D eigenvalue weighted by Crippen LogP contribution is 2.35. The predicted molar refractivity (Wildman–Crippen MR) is 79.4 cm³/mol. The van der Waals surface area contributed by atoms with Gasteiger partial charge in [0.2, 0.25) is 0 Å². The zero-order valence-electron chi connectivity index (χ0n) is 11.6. The molecule has 0 aromatic carbocycles. The highest BCUT2D eigenvalue weighted by atomic mass is 31.2. The Kier molecular flexibility index (Phi) is 11.4. The monoisotopic (exact) mass is 265 g/mol. The zero-order chi connectivity index (χ0) is 12.4. The van der Waals surface area contributed by atoms with E-state index in [0.717, 1.165) is 8.88 Å². The number of hydrogen-bond donors (Lipinski definition) is 1. The van der Waals surface area contributed by atoms with Gasteiger partial charge in [-0.15, -0.1) is 0 Å². The Hall–Kier alpha value is 0.740. The van der Waals surface area contributed by atoms with Gasteiger partial charge in [-0.2, -0.15) is 0 Å². The summed E-state index contributed by atoms with van der Waals surface area (Å²) in [5.74, 6) is 0. The van der Waals surface area contributed by atoms with Crippen LogP contribution in [0.2, 0.25) is 0 Å². The van der Waals surface area contributed by atoms with Crippen molar-refractivity contribution in [3.63, 3.8) is 0 Å². The standard InChI is InChI=1S/C11H29N3P2/c1-6-8-10-13(3)15-12-16(5)14(4)11-9-7-2/h12,15H,6-11H2,1-5H3. The number of nitrogens with one attached hydrogen (secondary N) is 1. The molecule has 0 amide bonds. The van der Waals surface area contributed by atoms with Gasteiger partial charge in [-0.3, -0.25) is 14.2 Å². The average Bonchev–Trinajstić information content (AvgIpc) is 2.30. The lowest BCUT2D eigenvalue weighted by molar-refractivity contribution is 0.515. The SMILES string of the molecule is CCCCN(C)PNP(C)N(C)CCCC. The molecular weight excluding hydrogens is 236 g/mol. The number of rotatable bonds is 10. The van der Waals surface area contributed by atoms with Gasteiger partial charge in [0.1, 0.15) is 0 Å². The van der Waals surface area contributed by atoms with Crippen molar-refractivity contribution < 1.29 is 0 Å². The third-order valence-electron chi connectivity index (χ3n) is 2.60. The lowest BCUT2D eigenvalue weighted by Crippen LogP contribution is -2.20. The maximum Gasteiger partial charge on any atom is 0.0375 e. The quantitative estimate of drug-likeness (QED) is 0.610. The summed E-state index contributed by atoms with van der Waals surface area (Å²) in [6, 6.07) is 0. The summed E-state index contributed by atoms with van der Waals surface area (Å²) in [5.41, 5.74) is 0. The summed E-state index contributed by atoms with van der Waals surface area (Å²) in [6.45, 7) is 9.24. The van der Waals surface area contributed by atoms with E-state index in [4.69, 9.17) is 0 Å². The largest absolute Gasteiger partial charge is 0.275 e. The second-order valence-corrected chi connectivity index (χ2v) is 7.87. The number of nitrogens with zero attached hydrogens (tertiary/aromatic N) is 2. The molecule has 0 aliphatic carbocycles. The van der Waals surface area contributed by atoms with Crippen LogP contribution < -0.4 is 4.86 Å². The summed E-state index contributed by atoms with van der Waals surface area (Å²) < 4.78 is 4.86. The van der Waals surface area contributed by atoms with E-state index >= 15 is 0 Å². The number of hydrogen-bond acceptors (Lipinski definition) is 3. The minimum Gasteiger partial charge on any atom is -0.275 e. The van der Waals surface area contributed by atoms with Gasteiger partial charge in [0.05, 0.1) is 0 Å². The Morgan fingerprint density at radius 3 is 2.19 bits per heavy atom. The lowest BCUT2D eigenvalue weighted by atomic mass is 10.3. The van der Waals surface area contributed by atoms with Gasteiger partial charge in [0, 0.05) is 30.2 Å². The van der Waals surface area contributed by atoms with Crippen LogP contribution in [0.5, 0.6) is 0 Å². The first-order chi connectivity index (χ1) is 7.61. The Bertz CT molecular complexity index is 158. The van der Waals surface area contributed by atoms with Gasteiger partial charge in [-0.25, -0.2) is 0 Å². The second-order valence-electron chi connectivity index (χ2n) is 4.26. The fraction of sp³-hybridized carbons (Fsp3) is 1.00. The fourth-order valence-corrected chi connectivity index (χ4v) is 3.89. The maximum absolute atomic E-state index is 3.64. The zero-order valence-corrected chi connectivity index (χ0v) is 13.5. The maximum atomic E-state index is 3.64. The molecule has 1 N–H and O–H groups in total. The van der Waals surface area contributed by atoms with Gasteiger partial charge in [0.25, 0.3) is 0 Å². The molecule has 0 spiro atoms. The Morgan fingerprint density at radius 2 is 1.62 bits per heavy atom. The molecule has 3 nitrogen and oxygen atoms in total. The minimum atomic E-state index is -0.147. The number of unbranched alkanes of at least 4 members (excludes halogenated alkanes) is 2. The van der Waals surface area contributed by atoms with E-state index in [1.165, 1.54) is 38.8 Å². The molecule has 16 heavy (non-hydrogen) atoms. The first-order valence-corrected chi connectivity index (χ1v) is 8.97. The van der Waals surface area contributed by atoms with Crippen LogP contribution in [0.4, 0.5) is 0 Å². The van der Waals surface area contributed by atoms with Crippen LogP contribution in [0, 0.1) is 0 Å². The first kappa shape index (κ1) is 16.7. The van der Waals surface area contributed by atoms with Crippen molar-refractivity contribution in [3.05, 3.63) is 0 Å². The molecule has 0 aromatic heterocycles. The molecule has 98 valence electrons.